The van der Waals surface area contributed by atoms with Crippen molar-refractivity contribution in [3.05, 3.63) is 45.2 Å². The van der Waals surface area contributed by atoms with Gasteiger partial charge in [0.15, 0.2) is 11.6 Å². The largest absolute Gasteiger partial charge is 0.438 e. The number of aromatic nitrogens is 2. The zero-order valence-electron chi connectivity index (χ0n) is 11.5. The van der Waals surface area contributed by atoms with Crippen molar-refractivity contribution in [1.82, 2.24) is 10.1 Å². The molecule has 22 heavy (non-hydrogen) atoms. The molecule has 0 aliphatic heterocycles. The van der Waals surface area contributed by atoms with Gasteiger partial charge in [-0.25, -0.2) is 4.79 Å². The number of rotatable bonds is 5. The second kappa shape index (κ2) is 5.28. The molecule has 2 atom stereocenters. The van der Waals surface area contributed by atoms with Crippen LogP contribution < -0.4 is 5.76 Å². The van der Waals surface area contributed by atoms with E-state index in [-0.39, 0.29) is 17.6 Å². The third-order valence-electron chi connectivity index (χ3n) is 3.97. The molecule has 0 radical (unpaired) electrons. The fourth-order valence-electron chi connectivity index (χ4n) is 2.52. The van der Waals surface area contributed by atoms with E-state index in [2.05, 4.69) is 14.7 Å². The molecule has 1 aromatic heterocycles. The summed E-state index contributed by atoms with van der Waals surface area (Å²) in [4.78, 5) is 27.0. The fraction of sp³-hybridized carbons (Fsp3) is 0.400. The van der Waals surface area contributed by atoms with Crippen molar-refractivity contribution in [1.29, 1.82) is 0 Å². The Kier molecular flexibility index (Phi) is 3.38. The van der Waals surface area contributed by atoms with E-state index < -0.39 is 5.76 Å². The third kappa shape index (κ3) is 2.73. The number of hydrogen-bond donors (Lipinski definition) is 1. The molecule has 5 nitrogen and oxygen atoms in total. The van der Waals surface area contributed by atoms with Crippen molar-refractivity contribution in [2.75, 3.05) is 0 Å². The van der Waals surface area contributed by atoms with Gasteiger partial charge in [-0.2, -0.15) is 0 Å². The fourth-order valence-corrected chi connectivity index (χ4v) is 3.88. The van der Waals surface area contributed by atoms with Crippen LogP contribution in [0.25, 0.3) is 0 Å². The van der Waals surface area contributed by atoms with Gasteiger partial charge in [0.05, 0.1) is 5.02 Å². The molecule has 0 amide bonds. The first-order valence-corrected chi connectivity index (χ1v) is 8.44. The zero-order chi connectivity index (χ0) is 15.3. The second-order valence-corrected chi connectivity index (χ2v) is 7.51. The van der Waals surface area contributed by atoms with Gasteiger partial charge >= 0.3 is 5.76 Å². The highest BCUT2D eigenvalue weighted by Gasteiger charge is 2.46. The van der Waals surface area contributed by atoms with Gasteiger partial charge < -0.3 is 0 Å². The van der Waals surface area contributed by atoms with Gasteiger partial charge in [-0.3, -0.25) is 14.3 Å². The minimum Gasteiger partial charge on any atom is -0.296 e. The third-order valence-corrected chi connectivity index (χ3v) is 5.81. The summed E-state index contributed by atoms with van der Waals surface area (Å²) in [6.45, 7) is 0. The van der Waals surface area contributed by atoms with E-state index >= 15 is 0 Å². The molecule has 1 N–H and O–H groups in total. The molecule has 2 aliphatic rings. The van der Waals surface area contributed by atoms with Gasteiger partial charge in [0, 0.05) is 27.5 Å². The van der Waals surface area contributed by atoms with Crippen molar-refractivity contribution in [2.24, 2.45) is 5.92 Å². The number of hydrogen-bond acceptors (Lipinski definition) is 5. The molecule has 7 heteroatoms. The van der Waals surface area contributed by atoms with Crippen molar-refractivity contribution in [3.8, 4) is 0 Å². The number of nitrogens with zero attached hydrogens (tertiary/aromatic N) is 1. The number of H-pyrrole nitrogens is 1. The maximum Gasteiger partial charge on any atom is 0.438 e. The highest BCUT2D eigenvalue weighted by Crippen LogP contribution is 2.48. The number of ketones is 1. The number of halogens is 1. The quantitative estimate of drug-likeness (QED) is 0.848. The molecule has 0 spiro atoms. The molecule has 0 bridgehead atoms. The Bertz CT molecular complexity index is 796. The van der Waals surface area contributed by atoms with Crippen LogP contribution in [0.15, 0.2) is 32.4 Å². The number of carbonyl (C=O) groups is 1. The lowest BCUT2D eigenvalue weighted by Crippen LogP contribution is -2.04. The van der Waals surface area contributed by atoms with Crippen LogP contribution in [0.4, 0.5) is 0 Å². The summed E-state index contributed by atoms with van der Waals surface area (Å²) in [5.41, 5.74) is 0.614. The molecule has 114 valence electrons. The van der Waals surface area contributed by atoms with E-state index in [1.54, 1.807) is 17.8 Å². The van der Waals surface area contributed by atoms with E-state index in [9.17, 15) is 9.59 Å². The molecular formula is C15H13ClN2O3S. The lowest BCUT2D eigenvalue weighted by atomic mass is 10.1. The lowest BCUT2D eigenvalue weighted by molar-refractivity contribution is 0.0964. The standard InChI is InChI=1S/C15H13ClN2O3S/c16-11-5-7(1-4-12(11)22-8-2-3-8)13(19)9-6-10(9)14-17-15(20)21-18-14/h1,4-5,8-10H,2-3,6H2,(H,17,18,20)/t9-,10-/m0/s1. The van der Waals surface area contributed by atoms with Gasteiger partial charge in [-0.15, -0.1) is 11.8 Å². The minimum atomic E-state index is -0.586. The van der Waals surface area contributed by atoms with Crippen molar-refractivity contribution in [2.45, 2.75) is 35.3 Å². The van der Waals surface area contributed by atoms with Gasteiger partial charge in [0.25, 0.3) is 0 Å². The van der Waals surface area contributed by atoms with Gasteiger partial charge in [-0.1, -0.05) is 22.8 Å². The number of thioether (sulfide) groups is 1. The average molecular weight is 337 g/mol. The second-order valence-electron chi connectivity index (χ2n) is 5.76. The molecule has 2 saturated carbocycles. The number of nitrogens with one attached hydrogen (secondary N) is 1. The summed E-state index contributed by atoms with van der Waals surface area (Å²) in [5.74, 6) is -0.302. The minimum absolute atomic E-state index is 0.0405. The van der Waals surface area contributed by atoms with E-state index in [4.69, 9.17) is 11.6 Å². The Labute approximate surface area is 135 Å². The first kappa shape index (κ1) is 14.1. The Morgan fingerprint density at radius 3 is 2.86 bits per heavy atom. The Morgan fingerprint density at radius 1 is 1.41 bits per heavy atom. The van der Waals surface area contributed by atoms with Gasteiger partial charge in [0.2, 0.25) is 0 Å². The first-order chi connectivity index (χ1) is 10.6. The zero-order valence-corrected chi connectivity index (χ0v) is 13.1. The Balaban J connectivity index is 1.49. The summed E-state index contributed by atoms with van der Waals surface area (Å²) >= 11 is 8.05. The Morgan fingerprint density at radius 2 is 2.23 bits per heavy atom. The van der Waals surface area contributed by atoms with Crippen LogP contribution in [0.2, 0.25) is 5.02 Å². The summed E-state index contributed by atoms with van der Waals surface area (Å²) in [6, 6.07) is 5.50. The van der Waals surface area contributed by atoms with E-state index in [1.165, 1.54) is 12.8 Å². The smallest absolute Gasteiger partial charge is 0.296 e. The van der Waals surface area contributed by atoms with Crippen LogP contribution in [0.1, 0.15) is 41.4 Å². The SMILES string of the molecule is O=C(c1ccc(SC2CC2)c(Cl)c1)[C@H]1C[C@@H]1c1noc(=O)[nH]1. The number of carbonyl (C=O) groups excluding carboxylic acids is 1. The van der Waals surface area contributed by atoms with E-state index in [1.807, 2.05) is 12.1 Å². The first-order valence-electron chi connectivity index (χ1n) is 7.18. The van der Waals surface area contributed by atoms with Crippen LogP contribution in [0.3, 0.4) is 0 Å². The number of benzene rings is 1. The van der Waals surface area contributed by atoms with E-state index in [0.29, 0.717) is 28.1 Å². The molecule has 1 aromatic carbocycles. The van der Waals surface area contributed by atoms with Gasteiger partial charge in [-0.05, 0) is 31.4 Å². The highest BCUT2D eigenvalue weighted by atomic mass is 35.5. The predicted octanol–water partition coefficient (Wildman–Crippen LogP) is 3.26. The summed E-state index contributed by atoms with van der Waals surface area (Å²) in [6.07, 6.45) is 3.15. The van der Waals surface area contributed by atoms with Crippen molar-refractivity contribution < 1.29 is 9.32 Å². The predicted molar refractivity (Wildman–Crippen MR) is 82.6 cm³/mol. The number of aromatic amines is 1. The van der Waals surface area contributed by atoms with E-state index in [0.717, 1.165) is 4.90 Å². The van der Waals surface area contributed by atoms with Crippen LogP contribution in [-0.4, -0.2) is 21.2 Å². The molecule has 2 fully saturated rings. The summed E-state index contributed by atoms with van der Waals surface area (Å²) < 4.78 is 4.48. The molecule has 0 saturated heterocycles. The topological polar surface area (TPSA) is 76.0 Å². The summed E-state index contributed by atoms with van der Waals surface area (Å²) in [5, 5.41) is 4.96. The monoisotopic (exact) mass is 336 g/mol. The molecular weight excluding hydrogens is 324 g/mol. The van der Waals surface area contributed by atoms with Crippen LogP contribution in [0.5, 0.6) is 0 Å². The maximum absolute atomic E-state index is 12.5. The van der Waals surface area contributed by atoms with Crippen molar-refractivity contribution >= 4 is 29.1 Å². The maximum atomic E-state index is 12.5. The van der Waals surface area contributed by atoms with Crippen LogP contribution in [0, 0.1) is 5.92 Å². The van der Waals surface area contributed by atoms with Crippen molar-refractivity contribution in [3.63, 3.8) is 0 Å². The van der Waals surface area contributed by atoms with Crippen LogP contribution >= 0.6 is 23.4 Å². The summed E-state index contributed by atoms with van der Waals surface area (Å²) in [7, 11) is 0. The molecule has 0 unspecified atom stereocenters. The average Bonchev–Trinajstić information content (AvgIpc) is 3.41. The molecule has 2 aromatic rings. The Hall–Kier alpha value is -1.53. The normalized spacial score (nSPS) is 23.5. The highest BCUT2D eigenvalue weighted by molar-refractivity contribution is 8.00. The van der Waals surface area contributed by atoms with Gasteiger partial charge in [0.1, 0.15) is 0 Å². The number of Topliss-reactive ketones (excluding diaryl/α,β-unsaturated/α-hetero) is 1. The lowest BCUT2D eigenvalue weighted by Gasteiger charge is -2.05. The van der Waals surface area contributed by atoms with Crippen LogP contribution in [-0.2, 0) is 0 Å². The molecule has 4 rings (SSSR count). The molecule has 2 aliphatic carbocycles. The molecule has 1 heterocycles.